The van der Waals surface area contributed by atoms with E-state index in [9.17, 15) is 10.1 Å². The number of hydrogen-bond acceptors (Lipinski definition) is 3. The maximum absolute atomic E-state index is 13.0. The molecule has 1 heterocycles. The minimum Gasteiger partial charge on any atom is -0.298 e. The number of carbonyl (C=O) groups is 1. The monoisotopic (exact) mass is 395 g/mol. The van der Waals surface area contributed by atoms with Crippen molar-refractivity contribution >= 4 is 5.78 Å². The highest BCUT2D eigenvalue weighted by molar-refractivity contribution is 5.87. The third-order valence-corrected chi connectivity index (χ3v) is 7.32. The molecular formula is C26H25N3O. The summed E-state index contributed by atoms with van der Waals surface area (Å²) in [6.07, 6.45) is 2.36. The zero-order valence-corrected chi connectivity index (χ0v) is 17.4. The van der Waals surface area contributed by atoms with E-state index >= 15 is 0 Å². The SMILES string of the molecule is CC1C(=O)C(C#N)CC2(c3ccccc3)c3c(c(-c4ccccc4)nn3C)CCC12. The van der Waals surface area contributed by atoms with Gasteiger partial charge in [0.1, 0.15) is 5.92 Å². The van der Waals surface area contributed by atoms with Crippen LogP contribution in [-0.2, 0) is 23.7 Å². The number of nitriles is 1. The summed E-state index contributed by atoms with van der Waals surface area (Å²) in [4.78, 5) is 13.0. The van der Waals surface area contributed by atoms with E-state index in [4.69, 9.17) is 5.10 Å². The third kappa shape index (κ3) is 2.51. The van der Waals surface area contributed by atoms with Gasteiger partial charge in [0.05, 0.1) is 17.5 Å². The highest BCUT2D eigenvalue weighted by atomic mass is 16.1. The van der Waals surface area contributed by atoms with E-state index in [0.717, 1.165) is 24.1 Å². The van der Waals surface area contributed by atoms with E-state index in [1.165, 1.54) is 16.8 Å². The summed E-state index contributed by atoms with van der Waals surface area (Å²) in [5, 5.41) is 14.8. The van der Waals surface area contributed by atoms with Gasteiger partial charge in [0.25, 0.3) is 0 Å². The second-order valence-electron chi connectivity index (χ2n) is 8.72. The van der Waals surface area contributed by atoms with Gasteiger partial charge in [0, 0.05) is 29.5 Å². The fraction of sp³-hybridized carbons (Fsp3) is 0.346. The molecule has 4 atom stereocenters. The minimum absolute atomic E-state index is 0.1000. The summed E-state index contributed by atoms with van der Waals surface area (Å²) >= 11 is 0. The normalized spacial score (nSPS) is 27.8. The lowest BCUT2D eigenvalue weighted by Gasteiger charge is -2.51. The lowest BCUT2D eigenvalue weighted by Crippen LogP contribution is -2.53. The molecule has 4 heteroatoms. The van der Waals surface area contributed by atoms with Gasteiger partial charge in [-0.1, -0.05) is 67.6 Å². The topological polar surface area (TPSA) is 58.7 Å². The predicted octanol–water partition coefficient (Wildman–Crippen LogP) is 4.68. The summed E-state index contributed by atoms with van der Waals surface area (Å²) in [6.45, 7) is 2.02. The van der Waals surface area contributed by atoms with Crippen LogP contribution in [0.15, 0.2) is 60.7 Å². The molecule has 4 nitrogen and oxygen atoms in total. The van der Waals surface area contributed by atoms with Crippen LogP contribution in [0.1, 0.15) is 36.6 Å². The molecule has 0 saturated heterocycles. The van der Waals surface area contributed by atoms with E-state index < -0.39 is 5.92 Å². The first-order valence-electron chi connectivity index (χ1n) is 10.7. The molecule has 0 radical (unpaired) electrons. The number of carbonyl (C=O) groups excluding carboxylic acids is 1. The Kier molecular flexibility index (Phi) is 4.36. The van der Waals surface area contributed by atoms with Crippen LogP contribution in [0.4, 0.5) is 0 Å². The molecule has 2 aliphatic rings. The summed E-state index contributed by atoms with van der Waals surface area (Å²) < 4.78 is 2.02. The van der Waals surface area contributed by atoms with Gasteiger partial charge >= 0.3 is 0 Å². The highest BCUT2D eigenvalue weighted by Gasteiger charge is 2.57. The van der Waals surface area contributed by atoms with Crippen molar-refractivity contribution in [1.82, 2.24) is 9.78 Å². The van der Waals surface area contributed by atoms with Gasteiger partial charge in [-0.2, -0.15) is 10.4 Å². The average Bonchev–Trinajstić information content (AvgIpc) is 3.14. The number of Topliss-reactive ketones (excluding diaryl/α,β-unsaturated/α-hetero) is 1. The van der Waals surface area contributed by atoms with Crippen molar-refractivity contribution in [1.29, 1.82) is 5.26 Å². The zero-order valence-electron chi connectivity index (χ0n) is 17.4. The van der Waals surface area contributed by atoms with E-state index in [-0.39, 0.29) is 23.0 Å². The van der Waals surface area contributed by atoms with Gasteiger partial charge < -0.3 is 0 Å². The van der Waals surface area contributed by atoms with Gasteiger partial charge in [-0.15, -0.1) is 0 Å². The summed E-state index contributed by atoms with van der Waals surface area (Å²) in [6, 6.07) is 23.1. The lowest BCUT2D eigenvalue weighted by atomic mass is 9.51. The van der Waals surface area contributed by atoms with E-state index in [1.54, 1.807) is 0 Å². The van der Waals surface area contributed by atoms with Crippen molar-refractivity contribution in [3.63, 3.8) is 0 Å². The standard InChI is InChI=1S/C26H25N3O/c1-17-22-14-13-21-23(18-9-5-3-6-10-18)28-29(2)25(21)26(22,15-19(16-27)24(17)30)20-11-7-4-8-12-20/h3-12,17,19,22H,13-15H2,1-2H3. The molecule has 0 spiro atoms. The van der Waals surface area contributed by atoms with Crippen molar-refractivity contribution in [3.05, 3.63) is 77.5 Å². The fourth-order valence-electron chi connectivity index (χ4n) is 6.09. The van der Waals surface area contributed by atoms with Crippen LogP contribution in [0.5, 0.6) is 0 Å². The van der Waals surface area contributed by atoms with Gasteiger partial charge in [0.15, 0.2) is 5.78 Å². The molecule has 1 aromatic heterocycles. The predicted molar refractivity (Wildman–Crippen MR) is 116 cm³/mol. The molecule has 4 unspecified atom stereocenters. The molecule has 0 amide bonds. The molecule has 0 aliphatic heterocycles. The van der Waals surface area contributed by atoms with E-state index in [1.807, 2.05) is 42.9 Å². The molecule has 2 aliphatic carbocycles. The highest BCUT2D eigenvalue weighted by Crippen LogP contribution is 2.57. The molecule has 1 saturated carbocycles. The van der Waals surface area contributed by atoms with Crippen LogP contribution >= 0.6 is 0 Å². The Morgan fingerprint density at radius 1 is 1.10 bits per heavy atom. The summed E-state index contributed by atoms with van der Waals surface area (Å²) in [5.74, 6) is -0.462. The molecule has 3 aromatic rings. The van der Waals surface area contributed by atoms with Crippen molar-refractivity contribution < 1.29 is 4.79 Å². The Morgan fingerprint density at radius 2 is 1.77 bits per heavy atom. The number of ketones is 1. The molecule has 150 valence electrons. The molecule has 30 heavy (non-hydrogen) atoms. The number of fused-ring (bicyclic) bond motifs is 3. The molecular weight excluding hydrogens is 370 g/mol. The molecule has 2 aromatic carbocycles. The first-order chi connectivity index (χ1) is 14.6. The Labute approximate surface area is 177 Å². The number of rotatable bonds is 2. The Morgan fingerprint density at radius 3 is 2.43 bits per heavy atom. The van der Waals surface area contributed by atoms with Gasteiger partial charge in [0.2, 0.25) is 0 Å². The number of benzene rings is 2. The number of aromatic nitrogens is 2. The summed E-state index contributed by atoms with van der Waals surface area (Å²) in [7, 11) is 2.01. The summed E-state index contributed by atoms with van der Waals surface area (Å²) in [5.41, 5.74) is 5.41. The first-order valence-corrected chi connectivity index (χ1v) is 10.7. The van der Waals surface area contributed by atoms with Gasteiger partial charge in [-0.05, 0) is 30.7 Å². The number of aryl methyl sites for hydroxylation is 1. The molecule has 0 bridgehead atoms. The van der Waals surface area contributed by atoms with Crippen LogP contribution in [0.2, 0.25) is 0 Å². The maximum atomic E-state index is 13.0. The second kappa shape index (κ2) is 6.95. The largest absolute Gasteiger partial charge is 0.298 e. The maximum Gasteiger partial charge on any atom is 0.153 e. The molecule has 5 rings (SSSR count). The smallest absolute Gasteiger partial charge is 0.153 e. The van der Waals surface area contributed by atoms with Crippen molar-refractivity contribution in [2.75, 3.05) is 0 Å². The number of hydrogen-bond donors (Lipinski definition) is 0. The minimum atomic E-state index is -0.586. The Balaban J connectivity index is 1.80. The Hall–Kier alpha value is -3.19. The fourth-order valence-corrected chi connectivity index (χ4v) is 6.09. The Bertz CT molecular complexity index is 1140. The van der Waals surface area contributed by atoms with Crippen LogP contribution in [0.25, 0.3) is 11.3 Å². The van der Waals surface area contributed by atoms with Gasteiger partial charge in [-0.3, -0.25) is 9.48 Å². The zero-order chi connectivity index (χ0) is 20.9. The second-order valence-corrected chi connectivity index (χ2v) is 8.72. The molecule has 0 N–H and O–H groups in total. The van der Waals surface area contributed by atoms with Crippen LogP contribution in [-0.4, -0.2) is 15.6 Å². The van der Waals surface area contributed by atoms with Crippen molar-refractivity contribution in [2.45, 2.75) is 31.6 Å². The first kappa shape index (κ1) is 18.8. The van der Waals surface area contributed by atoms with Crippen LogP contribution < -0.4 is 0 Å². The number of nitrogens with zero attached hydrogens (tertiary/aromatic N) is 3. The average molecular weight is 396 g/mol. The van der Waals surface area contributed by atoms with Crippen molar-refractivity contribution in [2.24, 2.45) is 24.8 Å². The van der Waals surface area contributed by atoms with Crippen LogP contribution in [0, 0.1) is 29.1 Å². The van der Waals surface area contributed by atoms with Crippen LogP contribution in [0.3, 0.4) is 0 Å². The quantitative estimate of drug-likeness (QED) is 0.633. The third-order valence-electron chi connectivity index (χ3n) is 7.32. The van der Waals surface area contributed by atoms with E-state index in [2.05, 4.69) is 42.5 Å². The molecule has 1 fully saturated rings. The lowest BCUT2D eigenvalue weighted by molar-refractivity contribution is -0.131. The van der Waals surface area contributed by atoms with E-state index in [0.29, 0.717) is 6.42 Å². The van der Waals surface area contributed by atoms with Gasteiger partial charge in [-0.25, -0.2) is 0 Å². The van der Waals surface area contributed by atoms with Crippen molar-refractivity contribution in [3.8, 4) is 17.3 Å².